The second-order valence-corrected chi connectivity index (χ2v) is 4.82. The molecule has 126 valence electrons. The van der Waals surface area contributed by atoms with E-state index in [4.69, 9.17) is 23.2 Å². The molecule has 0 aliphatic heterocycles. The van der Waals surface area contributed by atoms with Gasteiger partial charge in [0.05, 0.1) is 11.4 Å². The lowest BCUT2D eigenvalue weighted by atomic mass is 10.0. The van der Waals surface area contributed by atoms with Gasteiger partial charge in [0, 0.05) is 23.3 Å². The first-order chi connectivity index (χ1) is 11.2. The van der Waals surface area contributed by atoms with E-state index in [-0.39, 0.29) is 34.0 Å². The molecule has 0 unspecified atom stereocenters. The fraction of sp³-hybridized carbons (Fsp3) is 0. The van der Waals surface area contributed by atoms with E-state index >= 15 is 0 Å². The predicted molar refractivity (Wildman–Crippen MR) is 87.7 cm³/mol. The molecule has 10 N–H and O–H groups in total. The van der Waals surface area contributed by atoms with Crippen LogP contribution in [0.2, 0.25) is 0 Å². The standard InChI is InChI=1S/C14H16N6O4/c15-13(23)19(17)7-1-3-9(11(21)5-7)10-4-2-8(6-12(10)22)20(18)14(16)24/h1-6,21-22H,17-18H2,(H2,15,23)(H2,16,24). The number of phenols is 2. The van der Waals surface area contributed by atoms with Gasteiger partial charge in [0.15, 0.2) is 0 Å². The zero-order chi connectivity index (χ0) is 18.0. The quantitative estimate of drug-likeness (QED) is 0.266. The second kappa shape index (κ2) is 6.32. The maximum absolute atomic E-state index is 11.0. The van der Waals surface area contributed by atoms with Crippen molar-refractivity contribution in [3.8, 4) is 22.6 Å². The smallest absolute Gasteiger partial charge is 0.333 e. The summed E-state index contributed by atoms with van der Waals surface area (Å²) in [6.07, 6.45) is 0. The minimum Gasteiger partial charge on any atom is -0.507 e. The lowest BCUT2D eigenvalue weighted by molar-refractivity contribution is 0.253. The monoisotopic (exact) mass is 332 g/mol. The Balaban J connectivity index is 2.42. The highest BCUT2D eigenvalue weighted by molar-refractivity contribution is 5.92. The Hall–Kier alpha value is -3.50. The summed E-state index contributed by atoms with van der Waals surface area (Å²) >= 11 is 0. The second-order valence-electron chi connectivity index (χ2n) is 4.82. The molecule has 0 saturated carbocycles. The van der Waals surface area contributed by atoms with Crippen molar-refractivity contribution in [3.05, 3.63) is 36.4 Å². The van der Waals surface area contributed by atoms with Gasteiger partial charge in [-0.1, -0.05) is 0 Å². The van der Waals surface area contributed by atoms with Crippen LogP contribution in [0.25, 0.3) is 11.1 Å². The summed E-state index contributed by atoms with van der Waals surface area (Å²) in [7, 11) is 0. The van der Waals surface area contributed by atoms with Gasteiger partial charge in [0.1, 0.15) is 11.5 Å². The van der Waals surface area contributed by atoms with Crippen molar-refractivity contribution in [2.45, 2.75) is 0 Å². The van der Waals surface area contributed by atoms with Crippen LogP contribution in [0.5, 0.6) is 11.5 Å². The average molecular weight is 332 g/mol. The zero-order valence-corrected chi connectivity index (χ0v) is 12.4. The molecule has 0 atom stereocenters. The van der Waals surface area contributed by atoms with Crippen molar-refractivity contribution in [2.75, 3.05) is 10.0 Å². The van der Waals surface area contributed by atoms with Gasteiger partial charge in [-0.25, -0.2) is 31.3 Å². The lowest BCUT2D eigenvalue weighted by Crippen LogP contribution is -2.41. The third kappa shape index (κ3) is 3.14. The van der Waals surface area contributed by atoms with Gasteiger partial charge in [-0.05, 0) is 24.3 Å². The Morgan fingerprint density at radius 1 is 0.750 bits per heavy atom. The van der Waals surface area contributed by atoms with E-state index in [0.29, 0.717) is 10.0 Å². The first kappa shape index (κ1) is 16.9. The van der Waals surface area contributed by atoms with Gasteiger partial charge >= 0.3 is 12.1 Å². The predicted octanol–water partition coefficient (Wildman–Crippen LogP) is 0.282. The molecule has 10 nitrogen and oxygen atoms in total. The Bertz CT molecular complexity index is 742. The van der Waals surface area contributed by atoms with E-state index in [1.807, 2.05) is 0 Å². The fourth-order valence-corrected chi connectivity index (χ4v) is 2.05. The van der Waals surface area contributed by atoms with Crippen LogP contribution in [0.3, 0.4) is 0 Å². The average Bonchev–Trinajstić information content (AvgIpc) is 2.53. The molecule has 0 fully saturated rings. The molecular weight excluding hydrogens is 316 g/mol. The number of hydrazine groups is 2. The number of primary amides is 2. The number of phenolic OH excluding ortho intramolecular Hbond substituents is 2. The van der Waals surface area contributed by atoms with Gasteiger partial charge in [-0.15, -0.1) is 0 Å². The van der Waals surface area contributed by atoms with Crippen molar-refractivity contribution >= 4 is 23.4 Å². The Kier molecular flexibility index (Phi) is 4.44. The Morgan fingerprint density at radius 3 is 1.33 bits per heavy atom. The number of carbonyl (C=O) groups excluding carboxylic acids is 2. The third-order valence-corrected chi connectivity index (χ3v) is 3.28. The van der Waals surface area contributed by atoms with Crippen molar-refractivity contribution in [3.63, 3.8) is 0 Å². The molecule has 0 aromatic heterocycles. The molecule has 2 aromatic carbocycles. The minimum atomic E-state index is -0.899. The molecule has 0 spiro atoms. The van der Waals surface area contributed by atoms with Gasteiger partial charge in [0.2, 0.25) is 0 Å². The van der Waals surface area contributed by atoms with Crippen LogP contribution in [0, 0.1) is 0 Å². The van der Waals surface area contributed by atoms with Crippen LogP contribution >= 0.6 is 0 Å². The molecule has 0 bridgehead atoms. The molecule has 0 saturated heterocycles. The van der Waals surface area contributed by atoms with Crippen LogP contribution < -0.4 is 33.2 Å². The largest absolute Gasteiger partial charge is 0.507 e. The summed E-state index contributed by atoms with van der Waals surface area (Å²) in [5, 5.41) is 21.5. The first-order valence-electron chi connectivity index (χ1n) is 6.57. The maximum Gasteiger partial charge on any atom is 0.333 e. The number of benzene rings is 2. The van der Waals surface area contributed by atoms with Crippen LogP contribution in [0.4, 0.5) is 21.0 Å². The normalized spacial score (nSPS) is 10.2. The lowest BCUT2D eigenvalue weighted by Gasteiger charge is -2.17. The first-order valence-corrected chi connectivity index (χ1v) is 6.57. The number of carbonyl (C=O) groups is 2. The molecule has 2 rings (SSSR count). The number of amides is 4. The van der Waals surface area contributed by atoms with Gasteiger partial charge in [-0.2, -0.15) is 0 Å². The number of hydrogen-bond donors (Lipinski definition) is 6. The van der Waals surface area contributed by atoms with Gasteiger partial charge in [-0.3, -0.25) is 0 Å². The van der Waals surface area contributed by atoms with Crippen molar-refractivity contribution < 1.29 is 19.8 Å². The SMILES string of the molecule is NC(=O)N(N)c1ccc(-c2ccc(N(N)C(N)=O)cc2O)c(O)c1. The third-order valence-electron chi connectivity index (χ3n) is 3.28. The van der Waals surface area contributed by atoms with Gasteiger partial charge in [0.25, 0.3) is 0 Å². The van der Waals surface area contributed by atoms with E-state index in [9.17, 15) is 19.8 Å². The highest BCUT2D eigenvalue weighted by Crippen LogP contribution is 2.38. The van der Waals surface area contributed by atoms with Crippen LogP contribution in [-0.2, 0) is 0 Å². The van der Waals surface area contributed by atoms with Gasteiger partial charge < -0.3 is 21.7 Å². The number of urea groups is 2. The van der Waals surface area contributed by atoms with Crippen LogP contribution in [0.1, 0.15) is 0 Å². The fourth-order valence-electron chi connectivity index (χ4n) is 2.05. The maximum atomic E-state index is 11.0. The molecule has 0 aliphatic rings. The molecular formula is C14H16N6O4. The summed E-state index contributed by atoms with van der Waals surface area (Å²) in [5.41, 5.74) is 11.0. The summed E-state index contributed by atoms with van der Waals surface area (Å²) in [6, 6.07) is 6.38. The summed E-state index contributed by atoms with van der Waals surface area (Å²) in [6.45, 7) is 0. The highest BCUT2D eigenvalue weighted by atomic mass is 16.3. The topological polar surface area (TPSA) is 185 Å². The van der Waals surface area contributed by atoms with Crippen molar-refractivity contribution in [1.82, 2.24) is 0 Å². The molecule has 2 aromatic rings. The Labute approximate surface area is 136 Å². The molecule has 0 heterocycles. The van der Waals surface area contributed by atoms with Crippen molar-refractivity contribution in [1.29, 1.82) is 0 Å². The summed E-state index contributed by atoms with van der Waals surface area (Å²) in [4.78, 5) is 22.0. The van der Waals surface area contributed by atoms with E-state index in [2.05, 4.69) is 0 Å². The van der Waals surface area contributed by atoms with Crippen LogP contribution in [-0.4, -0.2) is 22.3 Å². The van der Waals surface area contributed by atoms with E-state index in [0.717, 1.165) is 0 Å². The molecule has 0 radical (unpaired) electrons. The Morgan fingerprint density at radius 2 is 1.08 bits per heavy atom. The van der Waals surface area contributed by atoms with E-state index < -0.39 is 12.1 Å². The van der Waals surface area contributed by atoms with E-state index in [1.165, 1.54) is 36.4 Å². The molecule has 4 amide bonds. The van der Waals surface area contributed by atoms with E-state index in [1.54, 1.807) is 0 Å². The molecule has 24 heavy (non-hydrogen) atoms. The molecule has 10 heteroatoms. The number of aromatic hydroxyl groups is 2. The summed E-state index contributed by atoms with van der Waals surface area (Å²) < 4.78 is 0. The number of rotatable bonds is 3. The van der Waals surface area contributed by atoms with Crippen LogP contribution in [0.15, 0.2) is 36.4 Å². The number of nitrogens with two attached hydrogens (primary N) is 4. The summed E-state index contributed by atoms with van der Waals surface area (Å²) in [5.74, 6) is 10.4. The zero-order valence-electron chi connectivity index (χ0n) is 12.4. The number of anilines is 2. The number of nitrogens with zero attached hydrogens (tertiary/aromatic N) is 2. The van der Waals surface area contributed by atoms with Crippen molar-refractivity contribution in [2.24, 2.45) is 23.2 Å². The highest BCUT2D eigenvalue weighted by Gasteiger charge is 2.15. The molecule has 0 aliphatic carbocycles. The number of hydrogen-bond acceptors (Lipinski definition) is 6. The minimum absolute atomic E-state index is 0.168.